The average molecular weight is 474 g/mol. The highest BCUT2D eigenvalue weighted by Crippen LogP contribution is 2.38. The summed E-state index contributed by atoms with van der Waals surface area (Å²) in [5.74, 6) is 1.83. The Balaban J connectivity index is 0.000000371. The molecule has 2 aromatic heterocycles. The summed E-state index contributed by atoms with van der Waals surface area (Å²) in [7, 11) is 0. The predicted octanol–water partition coefficient (Wildman–Crippen LogP) is 4.01. The molecule has 2 aliphatic heterocycles. The number of β-lactam (4-membered cyclic amide) rings is 1. The second kappa shape index (κ2) is 10.0. The molecule has 0 spiro atoms. The normalized spacial score (nSPS) is 15.6. The van der Waals surface area contributed by atoms with Gasteiger partial charge in [-0.25, -0.2) is 4.98 Å². The molecule has 35 heavy (non-hydrogen) atoms. The van der Waals surface area contributed by atoms with E-state index in [4.69, 9.17) is 14.2 Å². The van der Waals surface area contributed by atoms with E-state index in [2.05, 4.69) is 33.2 Å². The second-order valence-corrected chi connectivity index (χ2v) is 8.95. The van der Waals surface area contributed by atoms with E-state index >= 15 is 0 Å². The third kappa shape index (κ3) is 4.72. The highest BCUT2D eigenvalue weighted by atomic mass is 16.5. The maximum Gasteiger partial charge on any atom is 0.228 e. The molecule has 4 aromatic rings. The first-order valence-electron chi connectivity index (χ1n) is 12.1. The Labute approximate surface area is 204 Å². The molecule has 2 fully saturated rings. The van der Waals surface area contributed by atoms with Crippen LogP contribution < -0.4 is 10.2 Å². The van der Waals surface area contributed by atoms with Gasteiger partial charge in [0.05, 0.1) is 30.1 Å². The van der Waals surface area contributed by atoms with Crippen LogP contribution >= 0.6 is 0 Å². The van der Waals surface area contributed by atoms with Crippen molar-refractivity contribution in [3.05, 3.63) is 65.3 Å². The Morgan fingerprint density at radius 1 is 1.06 bits per heavy atom. The van der Waals surface area contributed by atoms with Crippen LogP contribution in [0.1, 0.15) is 29.3 Å². The molecule has 1 N–H and O–H groups in total. The van der Waals surface area contributed by atoms with Gasteiger partial charge in [-0.1, -0.05) is 35.5 Å². The van der Waals surface area contributed by atoms with Gasteiger partial charge in [0, 0.05) is 38.2 Å². The van der Waals surface area contributed by atoms with Crippen molar-refractivity contribution in [2.24, 2.45) is 0 Å². The van der Waals surface area contributed by atoms with Crippen molar-refractivity contribution in [3.63, 3.8) is 0 Å². The molecular formula is C27H31N5O3. The van der Waals surface area contributed by atoms with Gasteiger partial charge in [0.2, 0.25) is 5.91 Å². The monoisotopic (exact) mass is 473 g/mol. The molecule has 4 heterocycles. The minimum Gasteiger partial charge on any atom is -0.379 e. The number of morpholine rings is 1. The summed E-state index contributed by atoms with van der Waals surface area (Å²) in [4.78, 5) is 18.9. The van der Waals surface area contributed by atoms with E-state index in [1.54, 1.807) is 0 Å². The Morgan fingerprint density at radius 3 is 2.37 bits per heavy atom. The van der Waals surface area contributed by atoms with Gasteiger partial charge in [0.25, 0.3) is 0 Å². The van der Waals surface area contributed by atoms with Crippen LogP contribution in [0.15, 0.2) is 47.0 Å². The fourth-order valence-electron chi connectivity index (χ4n) is 4.62. The molecule has 0 bridgehead atoms. The number of nitrogens with one attached hydrogen (secondary N) is 1. The van der Waals surface area contributed by atoms with Crippen LogP contribution in [-0.4, -0.2) is 53.5 Å². The molecule has 2 aliphatic rings. The van der Waals surface area contributed by atoms with Crippen molar-refractivity contribution < 1.29 is 14.1 Å². The largest absolute Gasteiger partial charge is 0.379 e. The lowest BCUT2D eigenvalue weighted by Crippen LogP contribution is -2.43. The van der Waals surface area contributed by atoms with Gasteiger partial charge in [-0.05, 0) is 44.0 Å². The lowest BCUT2D eigenvalue weighted by atomic mass is 10.0. The predicted molar refractivity (Wildman–Crippen MR) is 136 cm³/mol. The Morgan fingerprint density at radius 2 is 1.83 bits per heavy atom. The number of carbonyl (C=O) groups excluding carboxylic acids is 1. The Kier molecular flexibility index (Phi) is 6.66. The van der Waals surface area contributed by atoms with Crippen LogP contribution in [0, 0.1) is 20.8 Å². The molecule has 0 unspecified atom stereocenters. The van der Waals surface area contributed by atoms with Crippen molar-refractivity contribution >= 4 is 22.6 Å². The van der Waals surface area contributed by atoms with E-state index in [-0.39, 0.29) is 5.91 Å². The van der Waals surface area contributed by atoms with E-state index in [0.29, 0.717) is 6.42 Å². The number of hydrogen-bond acceptors (Lipinski definition) is 6. The minimum atomic E-state index is 0.137. The average Bonchev–Trinajstić information content (AvgIpc) is 3.38. The van der Waals surface area contributed by atoms with Gasteiger partial charge < -0.3 is 24.0 Å². The number of fused-ring (bicyclic) bond motifs is 1. The van der Waals surface area contributed by atoms with Crippen molar-refractivity contribution in [1.29, 1.82) is 0 Å². The molecule has 6 rings (SSSR count). The fraction of sp³-hybridized carbons (Fsp3) is 0.370. The van der Waals surface area contributed by atoms with Crippen LogP contribution in [-0.2, 0) is 16.1 Å². The molecule has 2 aromatic carbocycles. The number of hydrogen-bond donors (Lipinski definition) is 1. The molecule has 0 radical (unpaired) electrons. The van der Waals surface area contributed by atoms with Crippen molar-refractivity contribution in [1.82, 2.24) is 20.0 Å². The molecular weight excluding hydrogens is 442 g/mol. The zero-order chi connectivity index (χ0) is 24.4. The summed E-state index contributed by atoms with van der Waals surface area (Å²) >= 11 is 0. The van der Waals surface area contributed by atoms with Crippen molar-refractivity contribution in [2.75, 3.05) is 37.7 Å². The quantitative estimate of drug-likeness (QED) is 0.451. The lowest BCUT2D eigenvalue weighted by Gasteiger charge is -2.31. The van der Waals surface area contributed by atoms with Crippen LogP contribution in [0.2, 0.25) is 0 Å². The van der Waals surface area contributed by atoms with E-state index < -0.39 is 0 Å². The molecule has 0 atom stereocenters. The standard InChI is InChI=1S/C23H22N4O2.C4H9NO/c1-14-22(15(2)29-25-14)18-11-19(26-10-9-21(26)28)23-20(12-18)27(16(3)24-23)13-17-7-5-4-6-8-17;1-3-6-4-2-5-1/h4-8,11-12H,9-10,13H2,1-3H3;5H,1-4H2. The highest BCUT2D eigenvalue weighted by Gasteiger charge is 2.29. The fourth-order valence-corrected chi connectivity index (χ4v) is 4.62. The minimum absolute atomic E-state index is 0.137. The van der Waals surface area contributed by atoms with Gasteiger partial charge in [0.1, 0.15) is 17.1 Å². The zero-order valence-corrected chi connectivity index (χ0v) is 20.5. The number of rotatable bonds is 4. The molecule has 182 valence electrons. The third-order valence-corrected chi connectivity index (χ3v) is 6.52. The van der Waals surface area contributed by atoms with E-state index in [1.165, 1.54) is 5.56 Å². The van der Waals surface area contributed by atoms with Gasteiger partial charge in [-0.2, -0.15) is 0 Å². The van der Waals surface area contributed by atoms with E-state index in [1.807, 2.05) is 49.9 Å². The van der Waals surface area contributed by atoms with Crippen molar-refractivity contribution in [2.45, 2.75) is 33.7 Å². The summed E-state index contributed by atoms with van der Waals surface area (Å²) in [6.45, 7) is 11.2. The molecule has 8 heteroatoms. The van der Waals surface area contributed by atoms with E-state index in [0.717, 1.165) is 84.5 Å². The first kappa shape index (κ1) is 23.3. The number of aryl methyl sites for hydroxylation is 3. The number of imidazole rings is 1. The van der Waals surface area contributed by atoms with Crippen molar-refractivity contribution in [3.8, 4) is 11.1 Å². The van der Waals surface area contributed by atoms with Gasteiger partial charge >= 0.3 is 0 Å². The maximum absolute atomic E-state index is 12.2. The van der Waals surface area contributed by atoms with Crippen LogP contribution in [0.25, 0.3) is 22.2 Å². The summed E-state index contributed by atoms with van der Waals surface area (Å²) in [6.07, 6.45) is 0.584. The molecule has 0 saturated carbocycles. The summed E-state index contributed by atoms with van der Waals surface area (Å²) in [6, 6.07) is 14.5. The molecule has 0 aliphatic carbocycles. The molecule has 2 saturated heterocycles. The van der Waals surface area contributed by atoms with Crippen LogP contribution in [0.5, 0.6) is 0 Å². The number of benzene rings is 2. The summed E-state index contributed by atoms with van der Waals surface area (Å²) < 4.78 is 12.6. The maximum atomic E-state index is 12.2. The Bertz CT molecular complexity index is 1310. The molecule has 1 amide bonds. The number of nitrogens with zero attached hydrogens (tertiary/aromatic N) is 4. The summed E-state index contributed by atoms with van der Waals surface area (Å²) in [5.41, 5.74) is 6.76. The SMILES string of the molecule is C1COCCN1.Cc1noc(C)c1-c1cc(N2CCC2=O)c2nc(C)n(Cc3ccccc3)c2c1. The lowest BCUT2D eigenvalue weighted by molar-refractivity contribution is -0.122. The third-order valence-electron chi connectivity index (χ3n) is 6.52. The smallest absolute Gasteiger partial charge is 0.228 e. The number of aromatic nitrogens is 3. The number of amides is 1. The number of carbonyl (C=O) groups is 1. The summed E-state index contributed by atoms with van der Waals surface area (Å²) in [5, 5.41) is 7.27. The van der Waals surface area contributed by atoms with Gasteiger partial charge in [-0.15, -0.1) is 0 Å². The Hall–Kier alpha value is -3.49. The van der Waals surface area contributed by atoms with Crippen LogP contribution in [0.4, 0.5) is 5.69 Å². The highest BCUT2D eigenvalue weighted by molar-refractivity contribution is 6.07. The zero-order valence-electron chi connectivity index (χ0n) is 20.5. The first-order chi connectivity index (χ1) is 17.0. The number of anilines is 1. The van der Waals surface area contributed by atoms with Crippen LogP contribution in [0.3, 0.4) is 0 Å². The number of ether oxygens (including phenoxy) is 1. The molecule has 8 nitrogen and oxygen atoms in total. The first-order valence-corrected chi connectivity index (χ1v) is 12.1. The van der Waals surface area contributed by atoms with Gasteiger partial charge in [0.15, 0.2) is 0 Å². The second-order valence-electron chi connectivity index (χ2n) is 8.95. The topological polar surface area (TPSA) is 85.4 Å². The van der Waals surface area contributed by atoms with Gasteiger partial charge in [-0.3, -0.25) is 4.79 Å². The van der Waals surface area contributed by atoms with E-state index in [9.17, 15) is 4.79 Å².